The third kappa shape index (κ3) is 5.35. The van der Waals surface area contributed by atoms with Crippen LogP contribution in [0.2, 0.25) is 0 Å². The van der Waals surface area contributed by atoms with Crippen LogP contribution >= 0.6 is 0 Å². The fourth-order valence-electron chi connectivity index (χ4n) is 5.90. The minimum atomic E-state index is -0.571. The van der Waals surface area contributed by atoms with Gasteiger partial charge >= 0.3 is 0 Å². The number of halogens is 1. The lowest BCUT2D eigenvalue weighted by Gasteiger charge is -2.35. The fourth-order valence-corrected chi connectivity index (χ4v) is 5.90. The van der Waals surface area contributed by atoms with Gasteiger partial charge in [0, 0.05) is 43.9 Å². The molecule has 1 unspecified atom stereocenters. The van der Waals surface area contributed by atoms with Gasteiger partial charge in [-0.05, 0) is 38.4 Å². The number of ether oxygens (including phenoxy) is 2. The minimum Gasteiger partial charge on any atom is -0.478 e. The van der Waals surface area contributed by atoms with Crippen molar-refractivity contribution in [2.45, 2.75) is 37.5 Å². The molecule has 2 aliphatic heterocycles. The van der Waals surface area contributed by atoms with Crippen LogP contribution in [0, 0.1) is 5.82 Å². The molecule has 216 valence electrons. The van der Waals surface area contributed by atoms with E-state index in [2.05, 4.69) is 40.9 Å². The van der Waals surface area contributed by atoms with E-state index < -0.39 is 5.82 Å². The Morgan fingerprint density at radius 2 is 2.02 bits per heavy atom. The lowest BCUT2D eigenvalue weighted by atomic mass is 10.0. The summed E-state index contributed by atoms with van der Waals surface area (Å²) in [5, 5.41) is 14.5. The van der Waals surface area contributed by atoms with Crippen molar-refractivity contribution in [2.24, 2.45) is 7.05 Å². The van der Waals surface area contributed by atoms with Crippen molar-refractivity contribution in [1.29, 1.82) is 0 Å². The molecule has 41 heavy (non-hydrogen) atoms. The van der Waals surface area contributed by atoms with E-state index in [1.54, 1.807) is 31.2 Å². The number of piperidine rings is 1. The van der Waals surface area contributed by atoms with Crippen LogP contribution in [0.4, 0.5) is 21.7 Å². The summed E-state index contributed by atoms with van der Waals surface area (Å²) < 4.78 is 27.6. The highest BCUT2D eigenvalue weighted by molar-refractivity contribution is 6.06. The number of carbonyl (C=O) groups excluding carboxylic acids is 1. The second kappa shape index (κ2) is 11.4. The number of hydrogen-bond acceptors (Lipinski definition) is 9. The lowest BCUT2D eigenvalue weighted by Crippen LogP contribution is -2.49. The molecule has 0 radical (unpaired) electrons. The Hall–Kier alpha value is -4.07. The van der Waals surface area contributed by atoms with Crippen LogP contribution in [-0.4, -0.2) is 87.6 Å². The van der Waals surface area contributed by atoms with Crippen molar-refractivity contribution in [2.75, 3.05) is 44.5 Å². The van der Waals surface area contributed by atoms with Crippen molar-refractivity contribution in [3.8, 4) is 17.1 Å². The van der Waals surface area contributed by atoms with E-state index in [-0.39, 0.29) is 29.7 Å². The maximum Gasteiger partial charge on any atom is 0.256 e. The molecular weight excluding hydrogens is 529 g/mol. The molecule has 0 saturated carbocycles. The summed E-state index contributed by atoms with van der Waals surface area (Å²) in [6, 6.07) is 5.61. The Bertz CT molecular complexity index is 1550. The summed E-state index contributed by atoms with van der Waals surface area (Å²) in [6.07, 6.45) is 7.20. The topological polar surface area (TPSA) is 134 Å². The molecule has 0 aliphatic carbocycles. The summed E-state index contributed by atoms with van der Waals surface area (Å²) in [7, 11) is 4.98. The third-order valence-electron chi connectivity index (χ3n) is 7.92. The number of rotatable bonds is 8. The molecule has 13 heteroatoms. The molecular formula is C28H34FN9O3. The Morgan fingerprint density at radius 3 is 2.80 bits per heavy atom. The van der Waals surface area contributed by atoms with E-state index in [1.165, 1.54) is 7.11 Å². The average Bonchev–Trinajstić information content (AvgIpc) is 3.71. The quantitative estimate of drug-likeness (QED) is 0.255. The number of fused-ring (bicyclic) bond motifs is 1. The van der Waals surface area contributed by atoms with Crippen molar-refractivity contribution in [3.63, 3.8) is 0 Å². The number of methoxy groups -OCH3 is 2. The first-order valence-corrected chi connectivity index (χ1v) is 13.7. The van der Waals surface area contributed by atoms with Crippen LogP contribution in [0.5, 0.6) is 5.88 Å². The number of amides is 1. The third-order valence-corrected chi connectivity index (χ3v) is 7.92. The molecule has 4 aromatic rings. The normalized spacial score (nSPS) is 20.0. The number of carbonyl (C=O) groups is 1. The SMILES string of the molecule is COc1nn(C)cc1Nc1ncc(F)c(-c2c[nH]c3c(NC(=O)C4C[C@@H](OC)CN4C4CCNCC4)cccc23)n1. The minimum absolute atomic E-state index is 0.0173. The van der Waals surface area contributed by atoms with E-state index in [0.717, 1.165) is 44.1 Å². The number of para-hydroxylation sites is 1. The predicted octanol–water partition coefficient (Wildman–Crippen LogP) is 3.03. The number of H-pyrrole nitrogens is 1. The highest BCUT2D eigenvalue weighted by Crippen LogP contribution is 2.34. The van der Waals surface area contributed by atoms with Crippen molar-refractivity contribution < 1.29 is 18.7 Å². The highest BCUT2D eigenvalue weighted by atomic mass is 19.1. The number of hydrogen-bond donors (Lipinski definition) is 4. The zero-order valence-electron chi connectivity index (χ0n) is 23.3. The van der Waals surface area contributed by atoms with Gasteiger partial charge in [0.2, 0.25) is 11.9 Å². The lowest BCUT2D eigenvalue weighted by molar-refractivity contribution is -0.121. The summed E-state index contributed by atoms with van der Waals surface area (Å²) in [6.45, 7) is 2.64. The first kappa shape index (κ1) is 27.1. The summed E-state index contributed by atoms with van der Waals surface area (Å²) >= 11 is 0. The van der Waals surface area contributed by atoms with Crippen LogP contribution < -0.4 is 20.7 Å². The number of nitrogens with one attached hydrogen (secondary N) is 4. The van der Waals surface area contributed by atoms with Gasteiger partial charge in [0.05, 0.1) is 42.9 Å². The highest BCUT2D eigenvalue weighted by Gasteiger charge is 2.41. The zero-order valence-corrected chi connectivity index (χ0v) is 23.3. The average molecular weight is 564 g/mol. The molecule has 4 N–H and O–H groups in total. The molecule has 2 saturated heterocycles. The van der Waals surface area contributed by atoms with Crippen LogP contribution in [-0.2, 0) is 16.6 Å². The van der Waals surface area contributed by atoms with E-state index in [4.69, 9.17) is 9.47 Å². The van der Waals surface area contributed by atoms with Gasteiger partial charge in [-0.1, -0.05) is 12.1 Å². The first-order chi connectivity index (χ1) is 19.9. The van der Waals surface area contributed by atoms with E-state index >= 15 is 4.39 Å². The molecule has 2 aliphatic rings. The number of aromatic amines is 1. The van der Waals surface area contributed by atoms with Gasteiger partial charge < -0.3 is 30.4 Å². The number of aryl methyl sites for hydroxylation is 1. The van der Waals surface area contributed by atoms with Gasteiger partial charge in [-0.3, -0.25) is 14.4 Å². The van der Waals surface area contributed by atoms with Crippen molar-refractivity contribution >= 4 is 34.1 Å². The molecule has 0 bridgehead atoms. The maximum atomic E-state index is 15.1. The molecule has 12 nitrogen and oxygen atoms in total. The molecule has 2 fully saturated rings. The molecule has 2 atom stereocenters. The fraction of sp³-hybridized carbons (Fsp3) is 0.429. The maximum absolute atomic E-state index is 15.1. The van der Waals surface area contributed by atoms with Gasteiger partial charge in [-0.25, -0.2) is 14.4 Å². The molecule has 3 aromatic heterocycles. The van der Waals surface area contributed by atoms with Crippen LogP contribution in [0.15, 0.2) is 36.8 Å². The van der Waals surface area contributed by atoms with Gasteiger partial charge in [0.25, 0.3) is 5.88 Å². The molecule has 1 aromatic carbocycles. The van der Waals surface area contributed by atoms with Crippen LogP contribution in [0.1, 0.15) is 19.3 Å². The summed E-state index contributed by atoms with van der Waals surface area (Å²) in [5.74, 6) is -0.0826. The Labute approximate surface area is 236 Å². The molecule has 0 spiro atoms. The van der Waals surface area contributed by atoms with Crippen LogP contribution in [0.3, 0.4) is 0 Å². The summed E-state index contributed by atoms with van der Waals surface area (Å²) in [5.41, 5.74) is 2.53. The smallest absolute Gasteiger partial charge is 0.256 e. The van der Waals surface area contributed by atoms with Crippen LogP contribution in [0.25, 0.3) is 22.2 Å². The molecule has 5 heterocycles. The predicted molar refractivity (Wildman–Crippen MR) is 153 cm³/mol. The second-order valence-corrected chi connectivity index (χ2v) is 10.4. The Balaban J connectivity index is 1.26. The zero-order chi connectivity index (χ0) is 28.5. The van der Waals surface area contributed by atoms with Crippen molar-refractivity contribution in [1.82, 2.24) is 34.9 Å². The number of aromatic nitrogens is 5. The molecule has 6 rings (SSSR count). The van der Waals surface area contributed by atoms with E-state index in [1.807, 2.05) is 18.2 Å². The van der Waals surface area contributed by atoms with E-state index in [0.29, 0.717) is 40.8 Å². The first-order valence-electron chi connectivity index (χ1n) is 13.7. The van der Waals surface area contributed by atoms with Gasteiger partial charge in [0.15, 0.2) is 5.82 Å². The number of likely N-dealkylation sites (tertiary alicyclic amines) is 1. The largest absolute Gasteiger partial charge is 0.478 e. The Kier molecular flexibility index (Phi) is 7.56. The summed E-state index contributed by atoms with van der Waals surface area (Å²) in [4.78, 5) is 27.7. The number of anilines is 3. The van der Waals surface area contributed by atoms with E-state index in [9.17, 15) is 4.79 Å². The number of nitrogens with zero attached hydrogens (tertiary/aromatic N) is 5. The van der Waals surface area contributed by atoms with Gasteiger partial charge in [-0.2, -0.15) is 0 Å². The monoisotopic (exact) mass is 563 g/mol. The Morgan fingerprint density at radius 1 is 1.20 bits per heavy atom. The second-order valence-electron chi connectivity index (χ2n) is 10.4. The van der Waals surface area contributed by atoms with Gasteiger partial charge in [-0.15, -0.1) is 5.10 Å². The van der Waals surface area contributed by atoms with Crippen molar-refractivity contribution in [3.05, 3.63) is 42.6 Å². The van der Waals surface area contributed by atoms with Gasteiger partial charge in [0.1, 0.15) is 11.4 Å². The standard InChI is InChI=1S/C28H34FN9O3/c1-37-15-22(27(36-37)41-3)34-28-32-13-20(29)24(35-28)19-12-31-25-18(19)5-4-6-21(25)33-26(39)23-11-17(40-2)14-38(23)16-7-9-30-10-8-16/h4-6,12-13,15-17,23,30-31H,7-11,14H2,1-3H3,(H,33,39)(H,32,34,35)/t17-,23?/m1/s1. The number of benzene rings is 1. The molecule has 1 amide bonds.